The lowest BCUT2D eigenvalue weighted by Gasteiger charge is -2.13. The van der Waals surface area contributed by atoms with Gasteiger partial charge in [0.25, 0.3) is 5.91 Å². The molecule has 0 atom stereocenters. The first kappa shape index (κ1) is 21.0. The summed E-state index contributed by atoms with van der Waals surface area (Å²) in [6, 6.07) is 27.0. The molecular weight excluding hydrogens is 402 g/mol. The average molecular weight is 425 g/mol. The predicted octanol–water partition coefficient (Wildman–Crippen LogP) is 4.29. The van der Waals surface area contributed by atoms with Gasteiger partial charge in [-0.3, -0.25) is 4.79 Å². The monoisotopic (exact) mass is 425 g/mol. The van der Waals surface area contributed by atoms with Crippen LogP contribution in [0.4, 0.5) is 11.4 Å². The Bertz CT molecular complexity index is 1180. The van der Waals surface area contributed by atoms with Crippen molar-refractivity contribution in [3.05, 3.63) is 84.9 Å². The van der Waals surface area contributed by atoms with Gasteiger partial charge in [0, 0.05) is 36.6 Å². The van der Waals surface area contributed by atoms with E-state index in [9.17, 15) is 4.79 Å². The van der Waals surface area contributed by atoms with Gasteiger partial charge in [-0.2, -0.15) is 4.98 Å². The first-order chi connectivity index (χ1) is 15.6. The van der Waals surface area contributed by atoms with E-state index in [4.69, 9.17) is 4.74 Å². The molecule has 0 radical (unpaired) electrons. The van der Waals surface area contributed by atoms with Crippen LogP contribution in [-0.4, -0.2) is 41.8 Å². The first-order valence-corrected chi connectivity index (χ1v) is 10.2. The average Bonchev–Trinajstić information content (AvgIpc) is 2.84. The topological polar surface area (TPSA) is 80.2 Å². The van der Waals surface area contributed by atoms with Gasteiger partial charge in [-0.25, -0.2) is 0 Å². The second kappa shape index (κ2) is 9.70. The number of nitrogens with zero attached hydrogens (tertiary/aromatic N) is 4. The molecule has 0 saturated carbocycles. The van der Waals surface area contributed by atoms with Crippen LogP contribution in [0.25, 0.3) is 22.5 Å². The quantitative estimate of drug-likeness (QED) is 0.476. The van der Waals surface area contributed by atoms with Crippen molar-refractivity contribution in [3.8, 4) is 28.5 Å². The van der Waals surface area contributed by atoms with Crippen LogP contribution in [0.1, 0.15) is 0 Å². The van der Waals surface area contributed by atoms with Crippen LogP contribution in [0.2, 0.25) is 0 Å². The van der Waals surface area contributed by atoms with Crippen LogP contribution in [0.3, 0.4) is 0 Å². The molecule has 0 unspecified atom stereocenters. The molecular formula is C25H23N5O2. The van der Waals surface area contributed by atoms with E-state index >= 15 is 0 Å². The highest BCUT2D eigenvalue weighted by molar-refractivity contribution is 5.92. The highest BCUT2D eigenvalue weighted by atomic mass is 16.5. The van der Waals surface area contributed by atoms with E-state index in [1.165, 1.54) is 0 Å². The van der Waals surface area contributed by atoms with Gasteiger partial charge in [0.2, 0.25) is 0 Å². The molecule has 0 aliphatic heterocycles. The summed E-state index contributed by atoms with van der Waals surface area (Å²) in [7, 11) is 3.92. The lowest BCUT2D eigenvalue weighted by Crippen LogP contribution is -2.21. The minimum absolute atomic E-state index is 0.0432. The van der Waals surface area contributed by atoms with E-state index in [0.29, 0.717) is 17.1 Å². The third-order valence-electron chi connectivity index (χ3n) is 4.76. The molecule has 0 bridgehead atoms. The van der Waals surface area contributed by atoms with E-state index in [1.807, 2.05) is 104 Å². The first-order valence-electron chi connectivity index (χ1n) is 10.2. The summed E-state index contributed by atoms with van der Waals surface area (Å²) in [4.78, 5) is 18.9. The highest BCUT2D eigenvalue weighted by Gasteiger charge is 2.15. The van der Waals surface area contributed by atoms with Crippen LogP contribution < -0.4 is 15.0 Å². The molecule has 1 amide bonds. The van der Waals surface area contributed by atoms with Crippen molar-refractivity contribution in [3.63, 3.8) is 0 Å². The van der Waals surface area contributed by atoms with Gasteiger partial charge < -0.3 is 15.0 Å². The molecule has 0 fully saturated rings. The summed E-state index contributed by atoms with van der Waals surface area (Å²) < 4.78 is 5.55. The number of amides is 1. The number of carbonyl (C=O) groups excluding carboxylic acids is 1. The Hall–Kier alpha value is -4.26. The molecule has 32 heavy (non-hydrogen) atoms. The standard InChI is InChI=1S/C25H23N5O2/c1-30(2)21-15-13-20(14-16-21)26-22(31)17-32-25-27-23(18-9-5-3-6-10-18)24(28-29-25)19-11-7-4-8-12-19/h3-16H,17H2,1-2H3,(H,26,31). The highest BCUT2D eigenvalue weighted by Crippen LogP contribution is 2.29. The Morgan fingerprint density at radius 2 is 1.41 bits per heavy atom. The molecule has 1 N–H and O–H groups in total. The fourth-order valence-electron chi connectivity index (χ4n) is 3.13. The van der Waals surface area contributed by atoms with E-state index in [0.717, 1.165) is 16.8 Å². The molecule has 0 aliphatic rings. The Morgan fingerprint density at radius 3 is 2.00 bits per heavy atom. The molecule has 0 spiro atoms. The van der Waals surface area contributed by atoms with Gasteiger partial charge in [0.1, 0.15) is 11.4 Å². The molecule has 4 aromatic rings. The van der Waals surface area contributed by atoms with Gasteiger partial charge in [-0.1, -0.05) is 65.8 Å². The van der Waals surface area contributed by atoms with Crippen LogP contribution in [0, 0.1) is 0 Å². The number of hydrogen-bond acceptors (Lipinski definition) is 6. The Labute approximate surface area is 186 Å². The molecule has 7 nitrogen and oxygen atoms in total. The fraction of sp³-hybridized carbons (Fsp3) is 0.120. The normalized spacial score (nSPS) is 10.4. The van der Waals surface area contributed by atoms with Crippen molar-refractivity contribution < 1.29 is 9.53 Å². The van der Waals surface area contributed by atoms with Crippen molar-refractivity contribution in [2.45, 2.75) is 0 Å². The minimum Gasteiger partial charge on any atom is -0.452 e. The number of benzene rings is 3. The summed E-state index contributed by atoms with van der Waals surface area (Å²) in [5, 5.41) is 11.2. The van der Waals surface area contributed by atoms with E-state index in [-0.39, 0.29) is 18.5 Å². The predicted molar refractivity (Wildman–Crippen MR) is 126 cm³/mol. The van der Waals surface area contributed by atoms with Crippen molar-refractivity contribution in [2.75, 3.05) is 30.9 Å². The summed E-state index contributed by atoms with van der Waals surface area (Å²) in [6.45, 7) is -0.226. The van der Waals surface area contributed by atoms with Crippen LogP contribution >= 0.6 is 0 Å². The molecule has 4 rings (SSSR count). The molecule has 7 heteroatoms. The molecule has 3 aromatic carbocycles. The number of anilines is 2. The van der Waals surface area contributed by atoms with Crippen molar-refractivity contribution in [1.82, 2.24) is 15.2 Å². The molecule has 1 heterocycles. The van der Waals surface area contributed by atoms with Crippen molar-refractivity contribution in [1.29, 1.82) is 0 Å². The number of nitrogens with one attached hydrogen (secondary N) is 1. The van der Waals surface area contributed by atoms with Gasteiger partial charge in [-0.15, -0.1) is 5.10 Å². The fourth-order valence-corrected chi connectivity index (χ4v) is 3.13. The summed E-state index contributed by atoms with van der Waals surface area (Å²) >= 11 is 0. The third-order valence-corrected chi connectivity index (χ3v) is 4.76. The van der Waals surface area contributed by atoms with Gasteiger partial charge in [-0.05, 0) is 24.3 Å². The Morgan fingerprint density at radius 1 is 0.812 bits per heavy atom. The second-order valence-electron chi connectivity index (χ2n) is 7.30. The number of rotatable bonds is 7. The lowest BCUT2D eigenvalue weighted by atomic mass is 10.0. The number of ether oxygens (including phenoxy) is 1. The maximum Gasteiger partial charge on any atom is 0.336 e. The van der Waals surface area contributed by atoms with Crippen LogP contribution in [0.15, 0.2) is 84.9 Å². The second-order valence-corrected chi connectivity index (χ2v) is 7.30. The minimum atomic E-state index is -0.306. The summed E-state index contributed by atoms with van der Waals surface area (Å²) in [5.74, 6) is -0.306. The smallest absolute Gasteiger partial charge is 0.336 e. The number of aromatic nitrogens is 3. The zero-order valence-electron chi connectivity index (χ0n) is 17.9. The van der Waals surface area contributed by atoms with Gasteiger partial charge in [0.15, 0.2) is 6.61 Å². The van der Waals surface area contributed by atoms with Crippen LogP contribution in [-0.2, 0) is 4.79 Å². The Balaban J connectivity index is 1.50. The molecule has 0 saturated heterocycles. The molecule has 0 aliphatic carbocycles. The molecule has 160 valence electrons. The van der Waals surface area contributed by atoms with Gasteiger partial charge in [0.05, 0.1) is 0 Å². The maximum atomic E-state index is 12.3. The number of carbonyl (C=O) groups is 1. The zero-order chi connectivity index (χ0) is 22.3. The van der Waals surface area contributed by atoms with Crippen LogP contribution in [0.5, 0.6) is 6.01 Å². The summed E-state index contributed by atoms with van der Waals surface area (Å²) in [5.41, 5.74) is 4.81. The van der Waals surface area contributed by atoms with E-state index in [2.05, 4.69) is 20.5 Å². The van der Waals surface area contributed by atoms with E-state index in [1.54, 1.807) is 0 Å². The third kappa shape index (κ3) is 5.07. The zero-order valence-corrected chi connectivity index (χ0v) is 17.9. The van der Waals surface area contributed by atoms with Gasteiger partial charge >= 0.3 is 6.01 Å². The van der Waals surface area contributed by atoms with Crippen molar-refractivity contribution >= 4 is 17.3 Å². The summed E-state index contributed by atoms with van der Waals surface area (Å²) in [6.07, 6.45) is 0. The van der Waals surface area contributed by atoms with Crippen molar-refractivity contribution in [2.24, 2.45) is 0 Å². The SMILES string of the molecule is CN(C)c1ccc(NC(=O)COc2nnc(-c3ccccc3)c(-c3ccccc3)n2)cc1. The lowest BCUT2D eigenvalue weighted by molar-refractivity contribution is -0.118. The largest absolute Gasteiger partial charge is 0.452 e. The van der Waals surface area contributed by atoms with E-state index < -0.39 is 0 Å². The number of hydrogen-bond donors (Lipinski definition) is 1. The maximum absolute atomic E-state index is 12.3. The molecule has 1 aromatic heterocycles. The Kier molecular flexibility index (Phi) is 6.36.